The van der Waals surface area contributed by atoms with Crippen LogP contribution in [0.5, 0.6) is 0 Å². The summed E-state index contributed by atoms with van der Waals surface area (Å²) in [4.78, 5) is 2.40. The summed E-state index contributed by atoms with van der Waals surface area (Å²) in [5.74, 6) is -0.127. The molecule has 1 aliphatic rings. The van der Waals surface area contributed by atoms with E-state index in [0.29, 0.717) is 16.1 Å². The molecule has 2 radical (unpaired) electrons. The largest absolute Gasteiger partial charge is 0.397 e. The van der Waals surface area contributed by atoms with Gasteiger partial charge in [-0.2, -0.15) is 0 Å². The van der Waals surface area contributed by atoms with Crippen molar-refractivity contribution in [2.75, 3.05) is 53.4 Å². The van der Waals surface area contributed by atoms with E-state index in [0.717, 1.165) is 38.3 Å². The molecular formula is C14H31NO5Si2. The maximum Gasteiger partial charge on any atom is 0.349 e. The van der Waals surface area contributed by atoms with E-state index >= 15 is 0 Å². The molecule has 0 aliphatic carbocycles. The molecule has 0 saturated carbocycles. The van der Waals surface area contributed by atoms with E-state index in [1.54, 1.807) is 21.3 Å². The molecule has 0 N–H and O–H groups in total. The van der Waals surface area contributed by atoms with Gasteiger partial charge in [-0.1, -0.05) is 13.3 Å². The Bertz CT molecular complexity index is 296. The van der Waals surface area contributed by atoms with E-state index in [1.165, 1.54) is 0 Å². The second kappa shape index (κ2) is 10.9. The van der Waals surface area contributed by atoms with Crippen molar-refractivity contribution in [1.82, 2.24) is 4.90 Å². The van der Waals surface area contributed by atoms with E-state index in [1.807, 2.05) is 0 Å². The molecule has 0 bridgehead atoms. The van der Waals surface area contributed by atoms with Gasteiger partial charge < -0.3 is 28.0 Å². The number of hydrogen-bond donors (Lipinski definition) is 0. The molecule has 130 valence electrons. The third-order valence-corrected chi connectivity index (χ3v) is 7.83. The minimum absolute atomic E-state index is 0.0931. The summed E-state index contributed by atoms with van der Waals surface area (Å²) in [6.07, 6.45) is 4.16. The van der Waals surface area contributed by atoms with Crippen LogP contribution in [-0.2, 0) is 23.1 Å². The minimum atomic E-state index is -2.13. The highest BCUT2D eigenvalue weighted by atomic mass is 28.4. The van der Waals surface area contributed by atoms with Gasteiger partial charge in [0, 0.05) is 40.6 Å². The minimum Gasteiger partial charge on any atom is -0.397 e. The van der Waals surface area contributed by atoms with Crippen LogP contribution >= 0.6 is 0 Å². The van der Waals surface area contributed by atoms with Gasteiger partial charge in [-0.15, -0.1) is 0 Å². The Kier molecular flexibility index (Phi) is 10.0. The van der Waals surface area contributed by atoms with Crippen molar-refractivity contribution in [3.63, 3.8) is 0 Å². The fourth-order valence-electron chi connectivity index (χ4n) is 2.43. The van der Waals surface area contributed by atoms with Crippen LogP contribution in [0, 0.1) is 0 Å². The van der Waals surface area contributed by atoms with E-state index < -0.39 is 8.56 Å². The molecule has 1 fully saturated rings. The monoisotopic (exact) mass is 349 g/mol. The smallest absolute Gasteiger partial charge is 0.349 e. The second-order valence-corrected chi connectivity index (χ2v) is 10.1. The molecule has 2 atom stereocenters. The third kappa shape index (κ3) is 7.18. The Morgan fingerprint density at radius 1 is 1.32 bits per heavy atom. The van der Waals surface area contributed by atoms with Crippen molar-refractivity contribution in [1.29, 1.82) is 0 Å². The first-order chi connectivity index (χ1) is 10.6. The standard InChI is InChI=1S/C14H31NO5Si2/c1-6-7-8-19-10-13-9-15(11-21-14(16-2)17-3)12-22(5,18-4)20-13/h13-14H,6-12H2,1-5H3. The highest BCUT2D eigenvalue weighted by molar-refractivity contribution is 6.66. The van der Waals surface area contributed by atoms with Crippen LogP contribution in [0.25, 0.3) is 0 Å². The number of hydrogen-bond acceptors (Lipinski definition) is 6. The predicted molar refractivity (Wildman–Crippen MR) is 89.2 cm³/mol. The molecule has 0 amide bonds. The lowest BCUT2D eigenvalue weighted by Gasteiger charge is -2.42. The maximum absolute atomic E-state index is 6.18. The summed E-state index contributed by atoms with van der Waals surface area (Å²) >= 11 is 0. The van der Waals surface area contributed by atoms with Crippen molar-refractivity contribution in [2.45, 2.75) is 38.3 Å². The van der Waals surface area contributed by atoms with Crippen LogP contribution in [0.15, 0.2) is 0 Å². The molecule has 1 aliphatic heterocycles. The SMILES string of the molecule is CCCCOCC1CN(C[Si]C(OC)OC)C[Si](C)(OC)O1. The molecule has 6 nitrogen and oxygen atoms in total. The quantitative estimate of drug-likeness (QED) is 0.315. The number of nitrogens with zero attached hydrogens (tertiary/aromatic N) is 1. The molecule has 2 unspecified atom stereocenters. The molecule has 1 saturated heterocycles. The average molecular weight is 350 g/mol. The maximum atomic E-state index is 6.18. The van der Waals surface area contributed by atoms with Gasteiger partial charge in [-0.25, -0.2) is 0 Å². The van der Waals surface area contributed by atoms with E-state index in [2.05, 4.69) is 18.4 Å². The Labute approximate surface area is 138 Å². The van der Waals surface area contributed by atoms with Gasteiger partial charge in [0.25, 0.3) is 0 Å². The van der Waals surface area contributed by atoms with E-state index in [-0.39, 0.29) is 12.0 Å². The van der Waals surface area contributed by atoms with Crippen LogP contribution in [-0.4, -0.2) is 88.4 Å². The van der Waals surface area contributed by atoms with Crippen LogP contribution in [0.1, 0.15) is 19.8 Å². The summed E-state index contributed by atoms with van der Waals surface area (Å²) in [5, 5.41) is 0. The second-order valence-electron chi connectivity index (χ2n) is 5.68. The van der Waals surface area contributed by atoms with Crippen LogP contribution in [0.4, 0.5) is 0 Å². The first-order valence-corrected chi connectivity index (χ1v) is 11.7. The highest BCUT2D eigenvalue weighted by Gasteiger charge is 2.41. The molecule has 8 heteroatoms. The van der Waals surface area contributed by atoms with Gasteiger partial charge in [-0.05, 0) is 19.1 Å². The molecule has 0 aromatic rings. The van der Waals surface area contributed by atoms with Gasteiger partial charge >= 0.3 is 8.56 Å². The molecule has 1 heterocycles. The topological polar surface area (TPSA) is 49.4 Å². The summed E-state index contributed by atoms with van der Waals surface area (Å²) in [6, 6.07) is 0. The van der Waals surface area contributed by atoms with Crippen LogP contribution in [0.3, 0.4) is 0 Å². The molecule has 22 heavy (non-hydrogen) atoms. The first-order valence-electron chi connectivity index (χ1n) is 7.89. The Morgan fingerprint density at radius 2 is 2.05 bits per heavy atom. The molecular weight excluding hydrogens is 318 g/mol. The third-order valence-electron chi connectivity index (χ3n) is 3.68. The van der Waals surface area contributed by atoms with Gasteiger partial charge in [0.1, 0.15) is 15.4 Å². The first kappa shape index (κ1) is 20.2. The Balaban J connectivity index is 2.46. The number of unbranched alkanes of at least 4 members (excludes halogenated alkanes) is 1. The van der Waals surface area contributed by atoms with Crippen molar-refractivity contribution < 1.29 is 23.1 Å². The lowest BCUT2D eigenvalue weighted by atomic mass is 10.3. The Morgan fingerprint density at radius 3 is 2.64 bits per heavy atom. The summed E-state index contributed by atoms with van der Waals surface area (Å²) < 4.78 is 28.2. The normalized spacial score (nSPS) is 26.7. The van der Waals surface area contributed by atoms with Gasteiger partial charge in [0.05, 0.1) is 12.7 Å². The fraction of sp³-hybridized carbons (Fsp3) is 1.00. The molecule has 0 spiro atoms. The average Bonchev–Trinajstić information content (AvgIpc) is 2.52. The van der Waals surface area contributed by atoms with Gasteiger partial charge in [0.2, 0.25) is 0 Å². The van der Waals surface area contributed by atoms with Crippen molar-refractivity contribution in [2.24, 2.45) is 0 Å². The van der Waals surface area contributed by atoms with Gasteiger partial charge in [0.15, 0.2) is 0 Å². The van der Waals surface area contributed by atoms with Crippen molar-refractivity contribution in [3.05, 3.63) is 0 Å². The summed E-state index contributed by atoms with van der Waals surface area (Å²) in [5.41, 5.74) is 0. The molecule has 0 aromatic carbocycles. The zero-order valence-electron chi connectivity index (χ0n) is 14.6. The van der Waals surface area contributed by atoms with E-state index in [4.69, 9.17) is 23.1 Å². The van der Waals surface area contributed by atoms with Crippen molar-refractivity contribution in [3.8, 4) is 0 Å². The fourth-order valence-corrected chi connectivity index (χ4v) is 5.84. The number of ether oxygens (including phenoxy) is 3. The Hall–Kier alpha value is 0.194. The highest BCUT2D eigenvalue weighted by Crippen LogP contribution is 2.18. The zero-order valence-corrected chi connectivity index (χ0v) is 16.6. The lowest BCUT2D eigenvalue weighted by Crippen LogP contribution is -2.61. The molecule has 1 rings (SSSR count). The number of methoxy groups -OCH3 is 2. The van der Waals surface area contributed by atoms with Gasteiger partial charge in [-0.3, -0.25) is 0 Å². The summed E-state index contributed by atoms with van der Waals surface area (Å²) in [7, 11) is 3.56. The number of rotatable bonds is 11. The molecule has 0 aromatic heterocycles. The van der Waals surface area contributed by atoms with E-state index in [9.17, 15) is 0 Å². The lowest BCUT2D eigenvalue weighted by molar-refractivity contribution is -0.0461. The van der Waals surface area contributed by atoms with Crippen LogP contribution in [0.2, 0.25) is 6.55 Å². The van der Waals surface area contributed by atoms with Crippen molar-refractivity contribution >= 4 is 18.1 Å². The predicted octanol–water partition coefficient (Wildman–Crippen LogP) is 1.000. The van der Waals surface area contributed by atoms with Crippen LogP contribution < -0.4 is 0 Å². The summed E-state index contributed by atoms with van der Waals surface area (Å²) in [6.45, 7) is 6.61. The zero-order chi connectivity index (χ0) is 16.4.